The van der Waals surface area contributed by atoms with Gasteiger partial charge in [-0.1, -0.05) is 29.8 Å². The van der Waals surface area contributed by atoms with Crippen molar-refractivity contribution in [1.29, 1.82) is 0 Å². The summed E-state index contributed by atoms with van der Waals surface area (Å²) in [6.07, 6.45) is 0.818. The maximum absolute atomic E-state index is 9.82. The van der Waals surface area contributed by atoms with Crippen LogP contribution in [0.3, 0.4) is 0 Å². The van der Waals surface area contributed by atoms with E-state index in [1.807, 2.05) is 38.1 Å². The molecular formula is C16H27ClNO3+. The zero-order valence-electron chi connectivity index (χ0n) is 12.9. The first-order valence-corrected chi connectivity index (χ1v) is 7.90. The van der Waals surface area contributed by atoms with Crippen LogP contribution in [0.4, 0.5) is 0 Å². The highest BCUT2D eigenvalue weighted by Gasteiger charge is 2.07. The van der Waals surface area contributed by atoms with Gasteiger partial charge in [-0.05, 0) is 25.5 Å². The molecule has 0 radical (unpaired) electrons. The lowest BCUT2D eigenvalue weighted by atomic mass is 10.2. The number of aliphatic hydroxyl groups excluding tert-OH is 1. The molecule has 0 aliphatic rings. The van der Waals surface area contributed by atoms with E-state index in [1.165, 1.54) is 0 Å². The quantitative estimate of drug-likeness (QED) is 0.610. The SMILES string of the molecule is CC(C)OCCC[NH2+]C[C@H](O)COCc1ccccc1Cl. The molecule has 0 amide bonds. The first-order chi connectivity index (χ1) is 10.1. The molecule has 1 rings (SSSR count). The van der Waals surface area contributed by atoms with Crippen LogP contribution in [0.15, 0.2) is 24.3 Å². The monoisotopic (exact) mass is 316 g/mol. The van der Waals surface area contributed by atoms with Gasteiger partial charge in [-0.15, -0.1) is 0 Å². The van der Waals surface area contributed by atoms with E-state index < -0.39 is 6.10 Å². The third-order valence-corrected chi connectivity index (χ3v) is 3.34. The Labute approximate surface area is 132 Å². The third kappa shape index (κ3) is 9.06. The predicted octanol–water partition coefficient (Wildman–Crippen LogP) is 1.60. The standard InChI is InChI=1S/C16H26ClNO3/c1-13(2)21-9-5-8-18-10-15(19)12-20-11-14-6-3-4-7-16(14)17/h3-4,6-7,13,15,18-19H,5,8-12H2,1-2H3/p+1/t15-/m0/s1. The Morgan fingerprint density at radius 1 is 1.29 bits per heavy atom. The molecule has 21 heavy (non-hydrogen) atoms. The van der Waals surface area contributed by atoms with E-state index in [4.69, 9.17) is 21.1 Å². The smallest absolute Gasteiger partial charge is 0.126 e. The minimum Gasteiger partial charge on any atom is -0.385 e. The fourth-order valence-corrected chi connectivity index (χ4v) is 2.04. The van der Waals surface area contributed by atoms with E-state index in [0.29, 0.717) is 24.8 Å². The number of rotatable bonds is 11. The second-order valence-electron chi connectivity index (χ2n) is 5.35. The van der Waals surface area contributed by atoms with Crippen LogP contribution in [-0.2, 0) is 16.1 Å². The molecule has 0 spiro atoms. The molecule has 0 bridgehead atoms. The fourth-order valence-electron chi connectivity index (χ4n) is 1.85. The van der Waals surface area contributed by atoms with Crippen LogP contribution >= 0.6 is 11.6 Å². The molecule has 4 nitrogen and oxygen atoms in total. The van der Waals surface area contributed by atoms with Crippen molar-refractivity contribution in [2.75, 3.05) is 26.3 Å². The van der Waals surface area contributed by atoms with E-state index in [9.17, 15) is 5.11 Å². The lowest BCUT2D eigenvalue weighted by molar-refractivity contribution is -0.661. The summed E-state index contributed by atoms with van der Waals surface area (Å²) in [5.74, 6) is 0. The largest absolute Gasteiger partial charge is 0.385 e. The molecule has 1 atom stereocenters. The number of nitrogens with two attached hydrogens (primary N) is 1. The van der Waals surface area contributed by atoms with Crippen LogP contribution in [0.25, 0.3) is 0 Å². The molecular weight excluding hydrogens is 290 g/mol. The molecule has 0 saturated carbocycles. The lowest BCUT2D eigenvalue weighted by Crippen LogP contribution is -2.86. The summed E-state index contributed by atoms with van der Waals surface area (Å²) in [6.45, 7) is 7.18. The van der Waals surface area contributed by atoms with Gasteiger partial charge in [0, 0.05) is 11.4 Å². The highest BCUT2D eigenvalue weighted by molar-refractivity contribution is 6.31. The molecule has 1 aromatic carbocycles. The molecule has 0 fully saturated rings. The van der Waals surface area contributed by atoms with Gasteiger partial charge in [-0.2, -0.15) is 0 Å². The van der Waals surface area contributed by atoms with E-state index in [0.717, 1.165) is 25.1 Å². The van der Waals surface area contributed by atoms with Gasteiger partial charge < -0.3 is 19.9 Å². The summed E-state index contributed by atoms with van der Waals surface area (Å²) >= 11 is 6.03. The molecule has 0 aliphatic heterocycles. The van der Waals surface area contributed by atoms with E-state index in [2.05, 4.69) is 5.32 Å². The number of benzene rings is 1. The topological polar surface area (TPSA) is 55.3 Å². The van der Waals surface area contributed by atoms with Crippen molar-refractivity contribution in [3.05, 3.63) is 34.9 Å². The van der Waals surface area contributed by atoms with Crippen molar-refractivity contribution >= 4 is 11.6 Å². The molecule has 120 valence electrons. The Morgan fingerprint density at radius 2 is 2.05 bits per heavy atom. The average molecular weight is 317 g/mol. The van der Waals surface area contributed by atoms with Crippen LogP contribution in [0.2, 0.25) is 5.02 Å². The first kappa shape index (κ1) is 18.4. The summed E-state index contributed by atoms with van der Waals surface area (Å²) in [5, 5.41) is 12.6. The van der Waals surface area contributed by atoms with Gasteiger partial charge in [-0.25, -0.2) is 0 Å². The summed E-state index contributed by atoms with van der Waals surface area (Å²) in [6, 6.07) is 7.58. The normalized spacial score (nSPS) is 12.8. The first-order valence-electron chi connectivity index (χ1n) is 7.52. The Balaban J connectivity index is 2.01. The molecule has 0 aromatic heterocycles. The lowest BCUT2D eigenvalue weighted by Gasteiger charge is -2.11. The van der Waals surface area contributed by atoms with Gasteiger partial charge in [0.25, 0.3) is 0 Å². The number of quaternary nitrogens is 1. The minimum atomic E-state index is -0.460. The molecule has 0 saturated heterocycles. The van der Waals surface area contributed by atoms with Gasteiger partial charge in [0.15, 0.2) is 0 Å². The molecule has 0 unspecified atom stereocenters. The Hall–Kier alpha value is -0.650. The number of hydrogen-bond donors (Lipinski definition) is 2. The molecule has 5 heteroatoms. The van der Waals surface area contributed by atoms with Crippen molar-refractivity contribution in [1.82, 2.24) is 0 Å². The summed E-state index contributed by atoms with van der Waals surface area (Å²) in [7, 11) is 0. The van der Waals surface area contributed by atoms with Crippen molar-refractivity contribution in [3.8, 4) is 0 Å². The Morgan fingerprint density at radius 3 is 2.76 bits per heavy atom. The van der Waals surface area contributed by atoms with Gasteiger partial charge in [0.1, 0.15) is 12.6 Å². The highest BCUT2D eigenvalue weighted by Crippen LogP contribution is 2.15. The van der Waals surface area contributed by atoms with E-state index in [-0.39, 0.29) is 6.10 Å². The van der Waals surface area contributed by atoms with Gasteiger partial charge in [-0.3, -0.25) is 0 Å². The van der Waals surface area contributed by atoms with Gasteiger partial charge >= 0.3 is 0 Å². The van der Waals surface area contributed by atoms with E-state index >= 15 is 0 Å². The highest BCUT2D eigenvalue weighted by atomic mass is 35.5. The maximum Gasteiger partial charge on any atom is 0.126 e. The van der Waals surface area contributed by atoms with Crippen LogP contribution in [-0.4, -0.2) is 43.6 Å². The van der Waals surface area contributed by atoms with Crippen molar-refractivity contribution in [2.45, 2.75) is 39.1 Å². The Kier molecular flexibility index (Phi) is 9.63. The molecule has 0 aliphatic carbocycles. The third-order valence-electron chi connectivity index (χ3n) is 2.97. The summed E-state index contributed by atoms with van der Waals surface area (Å²) < 4.78 is 10.9. The van der Waals surface area contributed by atoms with Crippen LogP contribution < -0.4 is 5.32 Å². The van der Waals surface area contributed by atoms with Gasteiger partial charge in [0.05, 0.1) is 32.5 Å². The van der Waals surface area contributed by atoms with Crippen molar-refractivity contribution in [3.63, 3.8) is 0 Å². The van der Waals surface area contributed by atoms with Crippen LogP contribution in [0.1, 0.15) is 25.8 Å². The van der Waals surface area contributed by atoms with Crippen LogP contribution in [0, 0.1) is 0 Å². The molecule has 3 N–H and O–H groups in total. The number of aliphatic hydroxyl groups is 1. The number of hydrogen-bond acceptors (Lipinski definition) is 3. The summed E-state index contributed by atoms with van der Waals surface area (Å²) in [5.41, 5.74) is 0.946. The van der Waals surface area contributed by atoms with Gasteiger partial charge in [0.2, 0.25) is 0 Å². The molecule has 0 heterocycles. The Bertz CT molecular complexity index is 388. The second kappa shape index (κ2) is 11.0. The second-order valence-corrected chi connectivity index (χ2v) is 5.75. The summed E-state index contributed by atoms with van der Waals surface area (Å²) in [4.78, 5) is 0. The molecule has 1 aromatic rings. The average Bonchev–Trinajstić information content (AvgIpc) is 2.44. The zero-order valence-corrected chi connectivity index (χ0v) is 13.7. The number of ether oxygens (including phenoxy) is 2. The minimum absolute atomic E-state index is 0.286. The van der Waals surface area contributed by atoms with Crippen LogP contribution in [0.5, 0.6) is 0 Å². The number of halogens is 1. The van der Waals surface area contributed by atoms with E-state index in [1.54, 1.807) is 0 Å². The predicted molar refractivity (Wildman–Crippen MR) is 84.5 cm³/mol. The maximum atomic E-state index is 9.82. The van der Waals surface area contributed by atoms with Crippen molar-refractivity contribution < 1.29 is 19.9 Å². The zero-order chi connectivity index (χ0) is 15.5. The fraction of sp³-hybridized carbons (Fsp3) is 0.625. The van der Waals surface area contributed by atoms with Crippen molar-refractivity contribution in [2.24, 2.45) is 0 Å².